The molecule has 0 radical (unpaired) electrons. The van der Waals surface area contributed by atoms with Gasteiger partial charge in [-0.15, -0.1) is 24.8 Å². The Labute approximate surface area is 136 Å². The zero-order valence-electron chi connectivity index (χ0n) is 11.5. The number of rotatable bonds is 6. The van der Waals surface area contributed by atoms with Crippen molar-refractivity contribution in [3.8, 4) is 5.75 Å². The normalized spacial score (nSPS) is 9.38. The molecule has 1 aromatic heterocycles. The first kappa shape index (κ1) is 19.4. The number of amides is 1. The average Bonchev–Trinajstić information content (AvgIpc) is 2.46. The summed E-state index contributed by atoms with van der Waals surface area (Å²) in [6, 6.07) is 9.73. The second-order valence-corrected chi connectivity index (χ2v) is 4.09. The Morgan fingerprint density at radius 3 is 2.76 bits per heavy atom. The Morgan fingerprint density at radius 2 is 2.00 bits per heavy atom. The molecule has 3 N–H and O–H groups in total. The van der Waals surface area contributed by atoms with Crippen LogP contribution in [0.4, 0.5) is 0 Å². The number of hydrogen-bond donors (Lipinski definition) is 2. The van der Waals surface area contributed by atoms with E-state index in [9.17, 15) is 4.79 Å². The van der Waals surface area contributed by atoms with Gasteiger partial charge in [0.25, 0.3) is 0 Å². The molecule has 0 aliphatic carbocycles. The van der Waals surface area contributed by atoms with Crippen molar-refractivity contribution in [1.29, 1.82) is 0 Å². The van der Waals surface area contributed by atoms with E-state index >= 15 is 0 Å². The van der Waals surface area contributed by atoms with Gasteiger partial charge in [0.1, 0.15) is 11.3 Å². The lowest BCUT2D eigenvalue weighted by Gasteiger charge is -2.08. The molecule has 0 fully saturated rings. The minimum atomic E-state index is -0.146. The number of aromatic nitrogens is 1. The Kier molecular flexibility index (Phi) is 9.45. The van der Waals surface area contributed by atoms with Gasteiger partial charge in [-0.3, -0.25) is 9.78 Å². The molecular formula is C14H19Cl2N3O2. The Balaban J connectivity index is 0.00000200. The molecule has 0 saturated carbocycles. The summed E-state index contributed by atoms with van der Waals surface area (Å²) >= 11 is 0. The van der Waals surface area contributed by atoms with Crippen molar-refractivity contribution in [3.05, 3.63) is 36.5 Å². The number of nitrogens with one attached hydrogen (secondary N) is 1. The van der Waals surface area contributed by atoms with Crippen LogP contribution in [0.1, 0.15) is 6.42 Å². The Morgan fingerprint density at radius 1 is 1.24 bits per heavy atom. The number of carbonyl (C=O) groups is 1. The highest BCUT2D eigenvalue weighted by Gasteiger charge is 2.02. The summed E-state index contributed by atoms with van der Waals surface area (Å²) in [7, 11) is 0. The van der Waals surface area contributed by atoms with Crippen LogP contribution in [-0.4, -0.2) is 30.6 Å². The Hall–Kier alpha value is -1.56. The van der Waals surface area contributed by atoms with Crippen molar-refractivity contribution in [2.45, 2.75) is 6.42 Å². The molecule has 1 amide bonds. The fourth-order valence-corrected chi connectivity index (χ4v) is 1.75. The summed E-state index contributed by atoms with van der Waals surface area (Å²) in [4.78, 5) is 15.2. The molecule has 0 spiro atoms. The number of pyridine rings is 1. The van der Waals surface area contributed by atoms with Gasteiger partial charge in [0, 0.05) is 18.1 Å². The molecule has 0 unspecified atom stereocenters. The van der Waals surface area contributed by atoms with Crippen LogP contribution in [0.25, 0.3) is 10.9 Å². The van der Waals surface area contributed by atoms with Gasteiger partial charge >= 0.3 is 0 Å². The second kappa shape index (κ2) is 10.2. The van der Waals surface area contributed by atoms with Gasteiger partial charge in [0.2, 0.25) is 5.91 Å². The van der Waals surface area contributed by atoms with Crippen molar-refractivity contribution in [1.82, 2.24) is 10.3 Å². The summed E-state index contributed by atoms with van der Waals surface area (Å²) in [5.41, 5.74) is 6.05. The summed E-state index contributed by atoms with van der Waals surface area (Å²) in [5.74, 6) is 0.620. The second-order valence-electron chi connectivity index (χ2n) is 4.09. The van der Waals surface area contributed by atoms with Crippen molar-refractivity contribution >= 4 is 41.6 Å². The van der Waals surface area contributed by atoms with Gasteiger partial charge in [0.05, 0.1) is 13.2 Å². The number of ether oxygens (including phenoxy) is 1. The summed E-state index contributed by atoms with van der Waals surface area (Å²) in [6.07, 6.45) is 2.48. The van der Waals surface area contributed by atoms with E-state index in [1.54, 1.807) is 6.20 Å². The van der Waals surface area contributed by atoms with Crippen molar-refractivity contribution in [3.63, 3.8) is 0 Å². The minimum Gasteiger partial charge on any atom is -0.491 e. The summed E-state index contributed by atoms with van der Waals surface area (Å²) < 4.78 is 5.69. The molecule has 21 heavy (non-hydrogen) atoms. The zero-order chi connectivity index (χ0) is 13.5. The van der Waals surface area contributed by atoms with Crippen LogP contribution in [0.2, 0.25) is 0 Å². The van der Waals surface area contributed by atoms with Gasteiger partial charge in [-0.05, 0) is 18.6 Å². The number of carbonyl (C=O) groups excluding carboxylic acids is 1. The number of benzene rings is 1. The van der Waals surface area contributed by atoms with E-state index in [1.807, 2.05) is 30.3 Å². The monoisotopic (exact) mass is 331 g/mol. The van der Waals surface area contributed by atoms with Crippen LogP contribution in [0, 0.1) is 0 Å². The molecule has 0 atom stereocenters. The molecule has 0 saturated heterocycles. The fourth-order valence-electron chi connectivity index (χ4n) is 1.75. The third-order valence-corrected chi connectivity index (χ3v) is 2.68. The highest BCUT2D eigenvalue weighted by atomic mass is 35.5. The zero-order valence-corrected chi connectivity index (χ0v) is 13.1. The molecule has 1 heterocycles. The first-order valence-corrected chi connectivity index (χ1v) is 6.24. The third-order valence-electron chi connectivity index (χ3n) is 2.68. The van der Waals surface area contributed by atoms with E-state index in [1.165, 1.54) is 0 Å². The van der Waals surface area contributed by atoms with Crippen LogP contribution >= 0.6 is 24.8 Å². The molecule has 116 valence electrons. The minimum absolute atomic E-state index is 0. The number of para-hydroxylation sites is 1. The number of hydrogen-bond acceptors (Lipinski definition) is 4. The van der Waals surface area contributed by atoms with E-state index in [2.05, 4.69) is 10.3 Å². The topological polar surface area (TPSA) is 77.2 Å². The number of fused-ring (bicyclic) bond motifs is 1. The maximum absolute atomic E-state index is 10.9. The fraction of sp³-hybridized carbons (Fsp3) is 0.286. The first-order chi connectivity index (χ1) is 9.31. The van der Waals surface area contributed by atoms with E-state index in [4.69, 9.17) is 10.5 Å². The molecule has 7 heteroatoms. The third kappa shape index (κ3) is 5.75. The van der Waals surface area contributed by atoms with Gasteiger partial charge in [-0.1, -0.05) is 18.2 Å². The van der Waals surface area contributed by atoms with Crippen molar-refractivity contribution < 1.29 is 9.53 Å². The average molecular weight is 332 g/mol. The van der Waals surface area contributed by atoms with Gasteiger partial charge < -0.3 is 15.8 Å². The van der Waals surface area contributed by atoms with Gasteiger partial charge in [-0.25, -0.2) is 0 Å². The predicted molar refractivity (Wildman–Crippen MR) is 88.4 cm³/mol. The van der Waals surface area contributed by atoms with Crippen molar-refractivity contribution in [2.75, 3.05) is 19.7 Å². The van der Waals surface area contributed by atoms with Crippen LogP contribution in [-0.2, 0) is 4.79 Å². The largest absolute Gasteiger partial charge is 0.491 e. The van der Waals surface area contributed by atoms with Gasteiger partial charge in [0.15, 0.2) is 0 Å². The van der Waals surface area contributed by atoms with Crippen LogP contribution < -0.4 is 15.8 Å². The number of halogens is 2. The molecule has 0 aliphatic heterocycles. The molecule has 2 rings (SSSR count). The molecule has 0 bridgehead atoms. The quantitative estimate of drug-likeness (QED) is 0.793. The lowest BCUT2D eigenvalue weighted by molar-refractivity contribution is -0.119. The highest BCUT2D eigenvalue weighted by molar-refractivity contribution is 5.85. The van der Waals surface area contributed by atoms with E-state index in [-0.39, 0.29) is 37.3 Å². The molecule has 0 aliphatic rings. The van der Waals surface area contributed by atoms with Crippen LogP contribution in [0.15, 0.2) is 36.5 Å². The standard InChI is InChI=1S/C14H17N3O2.2ClH/c15-10-13(18)16-8-3-9-19-12-6-1-4-11-5-2-7-17-14(11)12;;/h1-2,4-7H,3,8-10,15H2,(H,16,18);2*1H. The predicted octanol–water partition coefficient (Wildman–Crippen LogP) is 1.92. The summed E-state index contributed by atoms with van der Waals surface area (Å²) in [6.45, 7) is 1.11. The first-order valence-electron chi connectivity index (χ1n) is 6.24. The van der Waals surface area contributed by atoms with E-state index in [0.29, 0.717) is 13.2 Å². The molecule has 5 nitrogen and oxygen atoms in total. The van der Waals surface area contributed by atoms with Gasteiger partial charge in [-0.2, -0.15) is 0 Å². The van der Waals surface area contributed by atoms with E-state index < -0.39 is 0 Å². The Bertz CT molecular complexity index is 561. The lowest BCUT2D eigenvalue weighted by atomic mass is 10.2. The maximum atomic E-state index is 10.9. The number of nitrogens with zero attached hydrogens (tertiary/aromatic N) is 1. The van der Waals surface area contributed by atoms with Crippen LogP contribution in [0.5, 0.6) is 5.75 Å². The smallest absolute Gasteiger partial charge is 0.233 e. The lowest BCUT2D eigenvalue weighted by Crippen LogP contribution is -2.31. The number of nitrogens with two attached hydrogens (primary N) is 1. The van der Waals surface area contributed by atoms with E-state index in [0.717, 1.165) is 23.1 Å². The highest BCUT2D eigenvalue weighted by Crippen LogP contribution is 2.22. The van der Waals surface area contributed by atoms with Crippen LogP contribution in [0.3, 0.4) is 0 Å². The molecule has 1 aromatic carbocycles. The SMILES string of the molecule is Cl.Cl.NCC(=O)NCCCOc1cccc2cccnc12. The molecular weight excluding hydrogens is 313 g/mol. The molecule has 2 aromatic rings. The van der Waals surface area contributed by atoms with Crippen molar-refractivity contribution in [2.24, 2.45) is 5.73 Å². The maximum Gasteiger partial charge on any atom is 0.233 e. The summed E-state index contributed by atoms with van der Waals surface area (Å²) in [5, 5.41) is 3.75.